The molecule has 2 aromatic carbocycles. The lowest BCUT2D eigenvalue weighted by molar-refractivity contribution is 0.104. The summed E-state index contributed by atoms with van der Waals surface area (Å²) in [6, 6.07) is 9.85. The Morgan fingerprint density at radius 3 is 2.35 bits per heavy atom. The van der Waals surface area contributed by atoms with Crippen molar-refractivity contribution in [1.29, 1.82) is 0 Å². The second-order valence-corrected chi connectivity index (χ2v) is 4.70. The zero-order valence-electron chi connectivity index (χ0n) is 13.2. The third kappa shape index (κ3) is 3.83. The predicted octanol–water partition coefficient (Wildman–Crippen LogP) is 3.31. The fourth-order valence-electron chi connectivity index (χ4n) is 2.06. The molecule has 23 heavy (non-hydrogen) atoms. The van der Waals surface area contributed by atoms with Crippen molar-refractivity contribution < 1.29 is 24.1 Å². The lowest BCUT2D eigenvalue weighted by Gasteiger charge is -2.08. The van der Waals surface area contributed by atoms with Crippen LogP contribution < -0.4 is 14.2 Å². The Kier molecular flexibility index (Phi) is 5.25. The monoisotopic (exact) mass is 314 g/mol. The fourth-order valence-corrected chi connectivity index (χ4v) is 2.06. The van der Waals surface area contributed by atoms with Crippen LogP contribution in [-0.2, 0) is 0 Å². The molecule has 5 nitrogen and oxygen atoms in total. The number of methoxy groups -OCH3 is 3. The van der Waals surface area contributed by atoms with Crippen molar-refractivity contribution in [3.63, 3.8) is 0 Å². The number of phenols is 1. The van der Waals surface area contributed by atoms with Gasteiger partial charge in [0.05, 0.1) is 26.9 Å². The molecule has 1 N–H and O–H groups in total. The highest BCUT2D eigenvalue weighted by atomic mass is 16.5. The van der Waals surface area contributed by atoms with E-state index in [-0.39, 0.29) is 11.5 Å². The van der Waals surface area contributed by atoms with Gasteiger partial charge in [0.1, 0.15) is 11.5 Å². The van der Waals surface area contributed by atoms with Gasteiger partial charge in [-0.05, 0) is 35.9 Å². The van der Waals surface area contributed by atoms with Crippen molar-refractivity contribution in [3.8, 4) is 23.0 Å². The molecule has 0 aliphatic rings. The van der Waals surface area contributed by atoms with E-state index in [4.69, 9.17) is 14.2 Å². The minimum atomic E-state index is -0.198. The summed E-state index contributed by atoms with van der Waals surface area (Å²) < 4.78 is 15.4. The highest BCUT2D eigenvalue weighted by molar-refractivity contribution is 6.08. The van der Waals surface area contributed by atoms with Gasteiger partial charge in [0.25, 0.3) is 0 Å². The number of carbonyl (C=O) groups excluding carboxylic acids is 1. The van der Waals surface area contributed by atoms with E-state index in [1.807, 2.05) is 0 Å². The summed E-state index contributed by atoms with van der Waals surface area (Å²) in [4.78, 5) is 12.3. The van der Waals surface area contributed by atoms with Gasteiger partial charge in [0, 0.05) is 6.07 Å². The number of phenolic OH excluding ortho intramolecular Hbond substituents is 1. The zero-order chi connectivity index (χ0) is 16.8. The van der Waals surface area contributed by atoms with Crippen molar-refractivity contribution >= 4 is 11.9 Å². The molecule has 0 unspecified atom stereocenters. The number of carbonyl (C=O) groups is 1. The number of hydrogen-bond acceptors (Lipinski definition) is 5. The van der Waals surface area contributed by atoms with Gasteiger partial charge in [-0.25, -0.2) is 0 Å². The summed E-state index contributed by atoms with van der Waals surface area (Å²) >= 11 is 0. The minimum absolute atomic E-state index is 0.0489. The first-order chi connectivity index (χ1) is 11.1. The van der Waals surface area contributed by atoms with Gasteiger partial charge in [-0.2, -0.15) is 0 Å². The first-order valence-electron chi connectivity index (χ1n) is 6.90. The molecule has 0 amide bonds. The molecular weight excluding hydrogens is 296 g/mol. The Labute approximate surface area is 134 Å². The maximum atomic E-state index is 12.3. The van der Waals surface area contributed by atoms with Crippen molar-refractivity contribution in [2.75, 3.05) is 21.3 Å². The second kappa shape index (κ2) is 7.35. The molecule has 0 heterocycles. The van der Waals surface area contributed by atoms with Crippen molar-refractivity contribution in [3.05, 3.63) is 53.6 Å². The number of hydrogen-bond donors (Lipinski definition) is 1. The fraction of sp³-hybridized carbons (Fsp3) is 0.167. The van der Waals surface area contributed by atoms with Crippen molar-refractivity contribution in [2.24, 2.45) is 0 Å². The summed E-state index contributed by atoms with van der Waals surface area (Å²) in [6.45, 7) is 0. The highest BCUT2D eigenvalue weighted by Gasteiger charge is 2.11. The van der Waals surface area contributed by atoms with Gasteiger partial charge in [-0.1, -0.05) is 12.1 Å². The van der Waals surface area contributed by atoms with Crippen LogP contribution in [0.1, 0.15) is 15.9 Å². The van der Waals surface area contributed by atoms with E-state index in [2.05, 4.69) is 0 Å². The smallest absolute Gasteiger partial charge is 0.189 e. The summed E-state index contributed by atoms with van der Waals surface area (Å²) in [5, 5.41) is 9.56. The number of ketones is 1. The quantitative estimate of drug-likeness (QED) is 0.654. The van der Waals surface area contributed by atoms with E-state index < -0.39 is 0 Å². The zero-order valence-corrected chi connectivity index (χ0v) is 13.2. The normalized spacial score (nSPS) is 10.6. The van der Waals surface area contributed by atoms with Crippen molar-refractivity contribution in [1.82, 2.24) is 0 Å². The Bertz CT molecular complexity index is 734. The first-order valence-corrected chi connectivity index (χ1v) is 6.90. The van der Waals surface area contributed by atoms with Gasteiger partial charge >= 0.3 is 0 Å². The molecule has 0 atom stereocenters. The van der Waals surface area contributed by atoms with E-state index >= 15 is 0 Å². The van der Waals surface area contributed by atoms with Crippen LogP contribution in [0.5, 0.6) is 23.0 Å². The largest absolute Gasteiger partial charge is 0.504 e. The molecule has 0 aliphatic carbocycles. The van der Waals surface area contributed by atoms with Crippen LogP contribution in [0.3, 0.4) is 0 Å². The van der Waals surface area contributed by atoms with Gasteiger partial charge in [0.15, 0.2) is 17.3 Å². The van der Waals surface area contributed by atoms with Crippen LogP contribution in [-0.4, -0.2) is 32.2 Å². The number of allylic oxidation sites excluding steroid dienone is 1. The minimum Gasteiger partial charge on any atom is -0.504 e. The average molecular weight is 314 g/mol. The lowest BCUT2D eigenvalue weighted by atomic mass is 10.1. The molecule has 0 bridgehead atoms. The average Bonchev–Trinajstić information content (AvgIpc) is 2.60. The topological polar surface area (TPSA) is 65.0 Å². The van der Waals surface area contributed by atoms with Crippen LogP contribution in [0.2, 0.25) is 0 Å². The Morgan fingerprint density at radius 1 is 0.957 bits per heavy atom. The second-order valence-electron chi connectivity index (χ2n) is 4.70. The Balaban J connectivity index is 2.25. The molecule has 0 fully saturated rings. The SMILES string of the molecule is COc1ccc(C(=O)C=Cc2ccc(O)c(OC)c2)c(OC)c1. The molecule has 0 aromatic heterocycles. The first kappa shape index (κ1) is 16.4. The summed E-state index contributed by atoms with van der Waals surface area (Å²) in [5.41, 5.74) is 1.18. The third-order valence-electron chi connectivity index (χ3n) is 3.31. The summed E-state index contributed by atoms with van der Waals surface area (Å²) in [7, 11) is 4.52. The number of rotatable bonds is 6. The number of benzene rings is 2. The van der Waals surface area contributed by atoms with E-state index in [9.17, 15) is 9.90 Å². The number of aromatic hydroxyl groups is 1. The Morgan fingerprint density at radius 2 is 1.70 bits per heavy atom. The maximum absolute atomic E-state index is 12.3. The lowest BCUT2D eigenvalue weighted by Crippen LogP contribution is -1.99. The summed E-state index contributed by atoms with van der Waals surface area (Å²) in [5.74, 6) is 1.26. The Hall–Kier alpha value is -2.95. The van der Waals surface area contributed by atoms with Crippen LogP contribution >= 0.6 is 0 Å². The van der Waals surface area contributed by atoms with Gasteiger partial charge in [-0.3, -0.25) is 4.79 Å². The molecule has 0 spiro atoms. The molecule has 2 rings (SSSR count). The van der Waals surface area contributed by atoms with E-state index in [0.717, 1.165) is 5.56 Å². The molecule has 5 heteroatoms. The molecule has 120 valence electrons. The molecular formula is C18H18O5. The van der Waals surface area contributed by atoms with E-state index in [0.29, 0.717) is 22.8 Å². The molecule has 0 radical (unpaired) electrons. The number of ether oxygens (including phenoxy) is 3. The van der Waals surface area contributed by atoms with Gasteiger partial charge < -0.3 is 19.3 Å². The molecule has 2 aromatic rings. The van der Waals surface area contributed by atoms with Gasteiger partial charge in [0.2, 0.25) is 0 Å². The molecule has 0 aliphatic heterocycles. The standard InChI is InChI=1S/C18H18O5/c1-21-13-6-7-14(17(11-13)22-2)15(19)8-4-12-5-9-16(20)18(10-12)23-3/h4-11,20H,1-3H3. The van der Waals surface area contributed by atoms with E-state index in [1.165, 1.54) is 26.4 Å². The van der Waals surface area contributed by atoms with Crippen LogP contribution in [0.4, 0.5) is 0 Å². The third-order valence-corrected chi connectivity index (χ3v) is 3.31. The maximum Gasteiger partial charge on any atom is 0.189 e. The molecule has 0 saturated carbocycles. The van der Waals surface area contributed by atoms with Crippen LogP contribution in [0.25, 0.3) is 6.08 Å². The van der Waals surface area contributed by atoms with E-state index in [1.54, 1.807) is 43.5 Å². The summed E-state index contributed by atoms with van der Waals surface area (Å²) in [6.07, 6.45) is 3.09. The predicted molar refractivity (Wildman–Crippen MR) is 87.6 cm³/mol. The van der Waals surface area contributed by atoms with Crippen LogP contribution in [0, 0.1) is 0 Å². The van der Waals surface area contributed by atoms with Crippen LogP contribution in [0.15, 0.2) is 42.5 Å². The van der Waals surface area contributed by atoms with Crippen molar-refractivity contribution in [2.45, 2.75) is 0 Å². The van der Waals surface area contributed by atoms with Gasteiger partial charge in [-0.15, -0.1) is 0 Å². The highest BCUT2D eigenvalue weighted by Crippen LogP contribution is 2.28. The molecule has 0 saturated heterocycles.